The summed E-state index contributed by atoms with van der Waals surface area (Å²) in [4.78, 5) is 23.3. The van der Waals surface area contributed by atoms with Crippen LogP contribution in [-0.2, 0) is 9.59 Å². The molecule has 1 aromatic carbocycles. The van der Waals surface area contributed by atoms with Crippen molar-refractivity contribution in [3.05, 3.63) is 42.0 Å². The number of hydrazine groups is 1. The van der Waals surface area contributed by atoms with Gasteiger partial charge in [-0.05, 0) is 18.6 Å². The van der Waals surface area contributed by atoms with Crippen LogP contribution in [0.3, 0.4) is 0 Å². The fraction of sp³-hybridized carbons (Fsp3) is 0.375. The van der Waals surface area contributed by atoms with Crippen molar-refractivity contribution < 1.29 is 9.59 Å². The molecule has 0 aliphatic carbocycles. The molecule has 5 nitrogen and oxygen atoms in total. The molecule has 21 heavy (non-hydrogen) atoms. The molecule has 1 unspecified atom stereocenters. The molecule has 0 aromatic heterocycles. The summed E-state index contributed by atoms with van der Waals surface area (Å²) in [6, 6.07) is 9.83. The van der Waals surface area contributed by atoms with Gasteiger partial charge in [0.25, 0.3) is 5.91 Å². The predicted molar refractivity (Wildman–Crippen MR) is 82.3 cm³/mol. The Labute approximate surface area is 125 Å². The second-order valence-electron chi connectivity index (χ2n) is 5.05. The molecule has 1 aliphatic rings. The predicted octanol–water partition coefficient (Wildman–Crippen LogP) is 0.936. The van der Waals surface area contributed by atoms with Gasteiger partial charge in [0.2, 0.25) is 0 Å². The molecule has 0 radical (unpaired) electrons. The normalized spacial score (nSPS) is 19.6. The maximum Gasteiger partial charge on any atom is 0.261 e. The molecule has 1 N–H and O–H groups in total. The molecule has 1 atom stereocenters. The lowest BCUT2D eigenvalue weighted by Crippen LogP contribution is -2.59. The van der Waals surface area contributed by atoms with Gasteiger partial charge >= 0.3 is 0 Å². The summed E-state index contributed by atoms with van der Waals surface area (Å²) < 4.78 is 0. The fourth-order valence-corrected chi connectivity index (χ4v) is 2.40. The first-order valence-electron chi connectivity index (χ1n) is 7.18. The second-order valence-corrected chi connectivity index (χ2v) is 5.05. The molecule has 1 aromatic rings. The van der Waals surface area contributed by atoms with Gasteiger partial charge in [0.05, 0.1) is 6.54 Å². The Kier molecular flexibility index (Phi) is 5.66. The van der Waals surface area contributed by atoms with Gasteiger partial charge < -0.3 is 10.1 Å². The summed E-state index contributed by atoms with van der Waals surface area (Å²) in [6.45, 7) is 4.47. The minimum Gasteiger partial charge on any atom is -0.314 e. The quantitative estimate of drug-likeness (QED) is 0.647. The zero-order valence-corrected chi connectivity index (χ0v) is 12.2. The SMILES string of the molecule is CC1CNCCN1N(CC=O)C(=O)/C=C/c1ccccc1. The standard InChI is InChI=1S/C16H21N3O2/c1-14-13-17-9-10-18(14)19(11-12-20)16(21)8-7-15-5-3-2-4-6-15/h2-8,12,14,17H,9-11,13H2,1H3/b8-7+. The van der Waals surface area contributed by atoms with Gasteiger partial charge in [-0.3, -0.25) is 9.80 Å². The van der Waals surface area contributed by atoms with Gasteiger partial charge in [-0.2, -0.15) is 0 Å². The van der Waals surface area contributed by atoms with E-state index in [1.54, 1.807) is 6.08 Å². The van der Waals surface area contributed by atoms with E-state index < -0.39 is 0 Å². The number of amides is 1. The number of hydrogen-bond donors (Lipinski definition) is 1. The molecule has 1 saturated heterocycles. The van der Waals surface area contributed by atoms with Crippen LogP contribution < -0.4 is 5.32 Å². The minimum absolute atomic E-state index is 0.0856. The van der Waals surface area contributed by atoms with Gasteiger partial charge in [-0.1, -0.05) is 30.3 Å². The van der Waals surface area contributed by atoms with Crippen LogP contribution in [0.15, 0.2) is 36.4 Å². The van der Waals surface area contributed by atoms with E-state index in [0.29, 0.717) is 0 Å². The van der Waals surface area contributed by atoms with Crippen molar-refractivity contribution in [2.45, 2.75) is 13.0 Å². The molecule has 1 fully saturated rings. The van der Waals surface area contributed by atoms with Gasteiger partial charge in [0.1, 0.15) is 6.29 Å². The number of carbonyl (C=O) groups excluding carboxylic acids is 2. The molecular formula is C16H21N3O2. The highest BCUT2D eigenvalue weighted by Gasteiger charge is 2.26. The Morgan fingerprint density at radius 1 is 1.43 bits per heavy atom. The number of benzene rings is 1. The van der Waals surface area contributed by atoms with Crippen molar-refractivity contribution in [3.8, 4) is 0 Å². The number of piperazine rings is 1. The van der Waals surface area contributed by atoms with Crippen molar-refractivity contribution in [2.24, 2.45) is 0 Å². The molecule has 5 heteroatoms. The number of hydrogen-bond acceptors (Lipinski definition) is 4. The Morgan fingerprint density at radius 3 is 2.86 bits per heavy atom. The van der Waals surface area contributed by atoms with Crippen molar-refractivity contribution >= 4 is 18.3 Å². The second kappa shape index (κ2) is 7.71. The summed E-state index contributed by atoms with van der Waals surface area (Å²) in [6.07, 6.45) is 4.06. The molecule has 112 valence electrons. The monoisotopic (exact) mass is 287 g/mol. The number of nitrogens with one attached hydrogen (secondary N) is 1. The first-order chi connectivity index (χ1) is 10.2. The molecular weight excluding hydrogens is 266 g/mol. The Balaban J connectivity index is 2.08. The van der Waals surface area contributed by atoms with Crippen LogP contribution in [0.5, 0.6) is 0 Å². The highest BCUT2D eigenvalue weighted by atomic mass is 16.2. The van der Waals surface area contributed by atoms with Crippen LogP contribution in [0.4, 0.5) is 0 Å². The Hall–Kier alpha value is -1.98. The van der Waals surface area contributed by atoms with Crippen molar-refractivity contribution in [1.82, 2.24) is 15.3 Å². The van der Waals surface area contributed by atoms with Gasteiger partial charge in [0, 0.05) is 31.8 Å². The maximum absolute atomic E-state index is 12.4. The summed E-state index contributed by atoms with van der Waals surface area (Å²) in [5.74, 6) is -0.167. The lowest BCUT2D eigenvalue weighted by atomic mass is 10.2. The van der Waals surface area contributed by atoms with E-state index in [2.05, 4.69) is 5.32 Å². The van der Waals surface area contributed by atoms with Crippen LogP contribution in [0.1, 0.15) is 12.5 Å². The highest BCUT2D eigenvalue weighted by molar-refractivity contribution is 5.92. The average Bonchev–Trinajstić information content (AvgIpc) is 2.52. The van der Waals surface area contributed by atoms with E-state index in [1.165, 1.54) is 11.1 Å². The van der Waals surface area contributed by atoms with E-state index in [-0.39, 0.29) is 18.5 Å². The molecule has 0 saturated carbocycles. The zero-order valence-electron chi connectivity index (χ0n) is 12.2. The number of rotatable bonds is 5. The third-order valence-electron chi connectivity index (χ3n) is 3.50. The lowest BCUT2D eigenvalue weighted by molar-refractivity contribution is -0.151. The Bertz CT molecular complexity index is 502. The molecule has 1 amide bonds. The minimum atomic E-state index is -0.167. The van der Waals surface area contributed by atoms with Crippen LogP contribution in [0, 0.1) is 0 Å². The van der Waals surface area contributed by atoms with E-state index in [4.69, 9.17) is 0 Å². The van der Waals surface area contributed by atoms with Crippen molar-refractivity contribution in [1.29, 1.82) is 0 Å². The summed E-state index contributed by atoms with van der Waals surface area (Å²) in [5, 5.41) is 6.76. The molecule has 1 aliphatic heterocycles. The maximum atomic E-state index is 12.4. The lowest BCUT2D eigenvalue weighted by Gasteiger charge is -2.40. The summed E-state index contributed by atoms with van der Waals surface area (Å²) >= 11 is 0. The third-order valence-corrected chi connectivity index (χ3v) is 3.50. The van der Waals surface area contributed by atoms with Crippen LogP contribution in [-0.4, -0.2) is 54.4 Å². The van der Waals surface area contributed by atoms with E-state index >= 15 is 0 Å². The smallest absolute Gasteiger partial charge is 0.261 e. The number of nitrogens with zero attached hydrogens (tertiary/aromatic N) is 2. The first-order valence-corrected chi connectivity index (χ1v) is 7.18. The van der Waals surface area contributed by atoms with Crippen LogP contribution >= 0.6 is 0 Å². The molecule has 0 bridgehead atoms. The van der Waals surface area contributed by atoms with Gasteiger partial charge in [0.15, 0.2) is 0 Å². The number of carbonyl (C=O) groups is 2. The number of aldehydes is 1. The zero-order chi connectivity index (χ0) is 15.1. The van der Waals surface area contributed by atoms with Crippen LogP contribution in [0.25, 0.3) is 6.08 Å². The topological polar surface area (TPSA) is 52.6 Å². The first kappa shape index (κ1) is 15.4. The highest BCUT2D eigenvalue weighted by Crippen LogP contribution is 2.09. The third kappa shape index (κ3) is 4.24. The van der Waals surface area contributed by atoms with E-state index in [0.717, 1.165) is 31.5 Å². The van der Waals surface area contributed by atoms with Crippen molar-refractivity contribution in [2.75, 3.05) is 26.2 Å². The van der Waals surface area contributed by atoms with Gasteiger partial charge in [-0.25, -0.2) is 5.01 Å². The fourth-order valence-electron chi connectivity index (χ4n) is 2.40. The summed E-state index contributed by atoms with van der Waals surface area (Å²) in [7, 11) is 0. The Morgan fingerprint density at radius 2 is 2.19 bits per heavy atom. The molecule has 1 heterocycles. The van der Waals surface area contributed by atoms with Gasteiger partial charge in [-0.15, -0.1) is 0 Å². The van der Waals surface area contributed by atoms with Crippen molar-refractivity contribution in [3.63, 3.8) is 0 Å². The molecule has 2 rings (SSSR count). The largest absolute Gasteiger partial charge is 0.314 e. The van der Waals surface area contributed by atoms with E-state index in [1.807, 2.05) is 42.3 Å². The molecule has 0 spiro atoms. The summed E-state index contributed by atoms with van der Waals surface area (Å²) in [5.41, 5.74) is 0.963. The average molecular weight is 287 g/mol. The van der Waals surface area contributed by atoms with Crippen LogP contribution in [0.2, 0.25) is 0 Å². The van der Waals surface area contributed by atoms with E-state index in [9.17, 15) is 9.59 Å².